The Bertz CT molecular complexity index is 324. The number of halogens is 7. The summed E-state index contributed by atoms with van der Waals surface area (Å²) < 4.78 is -5.32. The molecular formula is C18H30Cl7. The first kappa shape index (κ1) is 27.0. The predicted octanol–water partition coefficient (Wildman–Crippen LogP) is 10.00. The maximum absolute atomic E-state index is 6.20. The second kappa shape index (κ2) is 14.1. The molecule has 0 nitrogen and oxygen atoms in total. The fraction of sp³-hybridized carbons (Fsp3) is 0.944. The van der Waals surface area contributed by atoms with E-state index in [0.717, 1.165) is 25.7 Å². The molecule has 0 saturated carbocycles. The minimum atomic E-state index is -1.95. The number of alkyl halides is 7. The molecular weight excluding hydrogens is 464 g/mol. The van der Waals surface area contributed by atoms with Crippen molar-refractivity contribution in [1.82, 2.24) is 0 Å². The lowest BCUT2D eigenvalue weighted by Gasteiger charge is -2.37. The van der Waals surface area contributed by atoms with Crippen molar-refractivity contribution in [2.24, 2.45) is 0 Å². The van der Waals surface area contributed by atoms with Crippen LogP contribution >= 0.6 is 81.2 Å². The highest BCUT2D eigenvalue weighted by Gasteiger charge is 2.59. The number of rotatable bonds is 15. The molecule has 7 heteroatoms. The lowest BCUT2D eigenvalue weighted by atomic mass is 10.0. The summed E-state index contributed by atoms with van der Waals surface area (Å²) in [6, 6.07) is 0. The van der Waals surface area contributed by atoms with Crippen molar-refractivity contribution in [3.8, 4) is 0 Å². The van der Waals surface area contributed by atoms with Crippen molar-refractivity contribution in [2.75, 3.05) is 0 Å². The molecule has 1 radical (unpaired) electrons. The monoisotopic (exact) mass is 491 g/mol. The van der Waals surface area contributed by atoms with Crippen LogP contribution in [-0.4, -0.2) is 12.5 Å². The molecule has 0 aliphatic heterocycles. The van der Waals surface area contributed by atoms with Crippen LogP contribution in [0.4, 0.5) is 0 Å². The first-order chi connectivity index (χ1) is 11.6. The summed E-state index contributed by atoms with van der Waals surface area (Å²) in [5.41, 5.74) is 0. The average Bonchev–Trinajstić information content (AvgIpc) is 2.50. The van der Waals surface area contributed by atoms with Gasteiger partial charge in [-0.25, -0.2) is 0 Å². The van der Waals surface area contributed by atoms with E-state index in [9.17, 15) is 0 Å². The molecule has 0 N–H and O–H groups in total. The Hall–Kier alpha value is 2.03. The topological polar surface area (TPSA) is 0 Å². The second-order valence-corrected chi connectivity index (χ2v) is 11.7. The third kappa shape index (κ3) is 11.6. The quantitative estimate of drug-likeness (QED) is 0.157. The Morgan fingerprint density at radius 1 is 0.480 bits per heavy atom. The van der Waals surface area contributed by atoms with Crippen LogP contribution in [0.2, 0.25) is 0 Å². The Kier molecular flexibility index (Phi) is 15.2. The largest absolute Gasteiger partial charge is 0.226 e. The van der Waals surface area contributed by atoms with Crippen LogP contribution in [0.25, 0.3) is 0 Å². The summed E-state index contributed by atoms with van der Waals surface area (Å²) in [7, 11) is 0. The van der Waals surface area contributed by atoms with E-state index in [1.54, 1.807) is 0 Å². The van der Waals surface area contributed by atoms with E-state index in [-0.39, 0.29) is 0 Å². The molecule has 0 aliphatic rings. The third-order valence-corrected chi connectivity index (χ3v) is 8.28. The van der Waals surface area contributed by atoms with Crippen LogP contribution in [0.15, 0.2) is 0 Å². The third-order valence-electron chi connectivity index (χ3n) is 4.31. The lowest BCUT2D eigenvalue weighted by molar-refractivity contribution is 0.518. The summed E-state index contributed by atoms with van der Waals surface area (Å²) >= 11 is 41.8. The molecule has 25 heavy (non-hydrogen) atoms. The van der Waals surface area contributed by atoms with E-state index in [1.165, 1.54) is 57.8 Å². The maximum atomic E-state index is 6.20. The zero-order valence-corrected chi connectivity index (χ0v) is 20.0. The maximum Gasteiger partial charge on any atom is 0.226 e. The van der Waals surface area contributed by atoms with Crippen molar-refractivity contribution >= 4 is 81.2 Å². The number of unbranched alkanes of at least 4 members (excludes halogenated alkanes) is 12. The normalized spacial score (nSPS) is 13.4. The van der Waals surface area contributed by atoms with Crippen molar-refractivity contribution in [2.45, 2.75) is 102 Å². The minimum absolute atomic E-state index is 0.379. The Labute approximate surface area is 189 Å². The molecule has 0 saturated heterocycles. The van der Waals surface area contributed by atoms with Crippen molar-refractivity contribution < 1.29 is 0 Å². The molecule has 0 rings (SSSR count). The van der Waals surface area contributed by atoms with Gasteiger partial charge in [-0.1, -0.05) is 172 Å². The van der Waals surface area contributed by atoms with E-state index < -0.39 is 12.5 Å². The molecule has 0 bridgehead atoms. The molecule has 0 amide bonds. The van der Waals surface area contributed by atoms with Gasteiger partial charge >= 0.3 is 0 Å². The summed E-state index contributed by atoms with van der Waals surface area (Å²) in [6.45, 7) is 3.87. The van der Waals surface area contributed by atoms with Crippen molar-refractivity contribution in [3.63, 3.8) is 0 Å². The Morgan fingerprint density at radius 2 is 0.800 bits per heavy atom. The molecule has 0 unspecified atom stereocenters. The van der Waals surface area contributed by atoms with Gasteiger partial charge in [0, 0.05) is 0 Å². The van der Waals surface area contributed by atoms with Gasteiger partial charge in [-0.05, 0) is 6.42 Å². The highest BCUT2D eigenvalue weighted by molar-refractivity contribution is 6.78. The smallest absolute Gasteiger partial charge is 0.0981 e. The predicted molar refractivity (Wildman–Crippen MR) is 119 cm³/mol. The molecule has 0 fully saturated rings. The molecule has 0 aromatic heterocycles. The zero-order valence-electron chi connectivity index (χ0n) is 14.8. The van der Waals surface area contributed by atoms with Crippen LogP contribution in [-0.2, 0) is 0 Å². The highest BCUT2D eigenvalue weighted by atomic mass is 35.6. The molecule has 0 heterocycles. The van der Waals surface area contributed by atoms with E-state index >= 15 is 0 Å². The second-order valence-electron chi connectivity index (χ2n) is 6.62. The fourth-order valence-electron chi connectivity index (χ4n) is 2.66. The van der Waals surface area contributed by atoms with E-state index in [4.69, 9.17) is 81.2 Å². The summed E-state index contributed by atoms with van der Waals surface area (Å²) in [4.78, 5) is 0. The zero-order chi connectivity index (χ0) is 19.4. The van der Waals surface area contributed by atoms with Crippen molar-refractivity contribution in [3.05, 3.63) is 6.92 Å². The molecule has 0 aromatic carbocycles. The lowest BCUT2D eigenvalue weighted by Crippen LogP contribution is -2.46. The van der Waals surface area contributed by atoms with Gasteiger partial charge in [-0.3, -0.25) is 0 Å². The van der Waals surface area contributed by atoms with Gasteiger partial charge in [-0.2, -0.15) is 0 Å². The summed E-state index contributed by atoms with van der Waals surface area (Å²) in [5.74, 6) is 0. The van der Waals surface area contributed by atoms with Gasteiger partial charge < -0.3 is 0 Å². The molecule has 0 spiro atoms. The van der Waals surface area contributed by atoms with Crippen LogP contribution in [0, 0.1) is 6.92 Å². The van der Waals surface area contributed by atoms with Gasteiger partial charge in [0.25, 0.3) is 0 Å². The van der Waals surface area contributed by atoms with Gasteiger partial charge in [0.05, 0.1) is 0 Å². The van der Waals surface area contributed by atoms with Crippen LogP contribution in [0.3, 0.4) is 0 Å². The SMILES string of the molecule is [CH2]CCCCCCCCCCCCCCC(Cl)(Cl)C(Cl)(Cl)C(Cl)(Cl)Cl. The molecule has 0 aromatic rings. The van der Waals surface area contributed by atoms with Crippen LogP contribution in [0.1, 0.15) is 89.9 Å². The van der Waals surface area contributed by atoms with E-state index in [0.29, 0.717) is 6.42 Å². The van der Waals surface area contributed by atoms with Gasteiger partial charge in [0.1, 0.15) is 0 Å². The van der Waals surface area contributed by atoms with Gasteiger partial charge in [0.15, 0.2) is 8.67 Å². The van der Waals surface area contributed by atoms with Crippen LogP contribution < -0.4 is 0 Å². The average molecular weight is 495 g/mol. The van der Waals surface area contributed by atoms with E-state index in [2.05, 4.69) is 6.92 Å². The fourth-order valence-corrected chi connectivity index (χ4v) is 4.17. The van der Waals surface area contributed by atoms with Crippen LogP contribution in [0.5, 0.6) is 0 Å². The molecule has 151 valence electrons. The molecule has 0 atom stereocenters. The Balaban J connectivity index is 3.61. The highest BCUT2D eigenvalue weighted by Crippen LogP contribution is 2.57. The first-order valence-corrected chi connectivity index (χ1v) is 11.8. The minimum Gasteiger partial charge on any atom is -0.0981 e. The first-order valence-electron chi connectivity index (χ1n) is 9.18. The molecule has 0 aliphatic carbocycles. The number of hydrogen-bond donors (Lipinski definition) is 0. The Morgan fingerprint density at radius 3 is 1.12 bits per heavy atom. The van der Waals surface area contributed by atoms with E-state index in [1.807, 2.05) is 0 Å². The van der Waals surface area contributed by atoms with Crippen molar-refractivity contribution in [1.29, 1.82) is 0 Å². The standard InChI is InChI=1S/C18H30Cl7/c1-2-3-4-5-6-7-8-9-10-11-12-13-14-15-16(19,20)17(21,22)18(23,24)25/h1-15H2. The summed E-state index contributed by atoms with van der Waals surface area (Å²) in [5, 5.41) is 0. The van der Waals surface area contributed by atoms with Gasteiger partial charge in [0.2, 0.25) is 3.79 Å². The van der Waals surface area contributed by atoms with Gasteiger partial charge in [-0.15, -0.1) is 0 Å². The summed E-state index contributed by atoms with van der Waals surface area (Å²) in [6.07, 6.45) is 16.2. The number of hydrogen-bond acceptors (Lipinski definition) is 0.